The molecule has 2 aromatic rings. The monoisotopic (exact) mass is 295 g/mol. The van der Waals surface area contributed by atoms with Crippen LogP contribution in [0.5, 0.6) is 0 Å². The number of amides is 1. The van der Waals surface area contributed by atoms with E-state index in [9.17, 15) is 4.79 Å². The van der Waals surface area contributed by atoms with Gasteiger partial charge in [0.15, 0.2) is 2.82 Å². The molecule has 2 heterocycles. The molecule has 5 heteroatoms. The predicted molar refractivity (Wildman–Crippen MR) is 82.5 cm³/mol. The van der Waals surface area contributed by atoms with Crippen molar-refractivity contribution in [1.82, 2.24) is 15.2 Å². The van der Waals surface area contributed by atoms with Gasteiger partial charge in [0.2, 0.25) is 0 Å². The molecule has 0 radical (unpaired) electrons. The Labute approximate surface area is 135 Å². The Kier molecular flexibility index (Phi) is 2.01. The second kappa shape index (κ2) is 5.77. The zero-order valence-electron chi connectivity index (χ0n) is 19.9. The van der Waals surface area contributed by atoms with Crippen molar-refractivity contribution in [2.24, 2.45) is 0 Å². The Balaban J connectivity index is 2.20. The molecule has 21 heavy (non-hydrogen) atoms. The van der Waals surface area contributed by atoms with E-state index >= 15 is 0 Å². The Hall–Kier alpha value is -2.01. The van der Waals surface area contributed by atoms with Gasteiger partial charge in [0.05, 0.1) is 11.5 Å². The van der Waals surface area contributed by atoms with Crippen molar-refractivity contribution in [3.8, 4) is 0 Å². The molecule has 1 aliphatic rings. The predicted octanol–water partition coefficient (Wildman–Crippen LogP) is 1.92. The summed E-state index contributed by atoms with van der Waals surface area (Å²) in [5.74, 6) is 0. The highest BCUT2D eigenvalue weighted by Crippen LogP contribution is 2.21. The summed E-state index contributed by atoms with van der Waals surface area (Å²) in [7, 11) is 3.07. The maximum atomic E-state index is 11.4. The van der Waals surface area contributed by atoms with Crippen LogP contribution < -0.4 is 5.31 Å². The second-order valence-electron chi connectivity index (χ2n) is 5.07. The molecule has 1 aliphatic heterocycles. The number of hydrogen-bond donors (Lipinski definition) is 2. The molecule has 2 N–H and O–H groups in total. The van der Waals surface area contributed by atoms with Crippen LogP contribution in [0.1, 0.15) is 19.4 Å². The smallest absolute Gasteiger partial charge is 0.407 e. The van der Waals surface area contributed by atoms with E-state index in [-0.39, 0.29) is 65.8 Å². The highest BCUT2D eigenvalue weighted by molar-refractivity contribution is 5.84. The first-order chi connectivity index (χ1) is 13.4. The van der Waals surface area contributed by atoms with Crippen LogP contribution in [0.25, 0.3) is 10.9 Å². The number of hydrogen-bond acceptors (Lipinski definition) is 3. The molecule has 112 valence electrons. The van der Waals surface area contributed by atoms with Crippen molar-refractivity contribution in [2.45, 2.75) is 18.9 Å². The van der Waals surface area contributed by atoms with Crippen molar-refractivity contribution in [2.75, 3.05) is 27.2 Å². The van der Waals surface area contributed by atoms with Gasteiger partial charge in [0.1, 0.15) is 6.61 Å². The fraction of sp³-hybridized carbons (Fsp3) is 0.438. The van der Waals surface area contributed by atoms with Gasteiger partial charge in [0.25, 0.3) is 0 Å². The van der Waals surface area contributed by atoms with Crippen LogP contribution >= 0.6 is 0 Å². The molecule has 0 aliphatic carbocycles. The van der Waals surface area contributed by atoms with E-state index in [4.69, 9.17) is 15.8 Å². The summed E-state index contributed by atoms with van der Waals surface area (Å²) >= 11 is 0. The quantitative estimate of drug-likeness (QED) is 0.886. The van der Waals surface area contributed by atoms with Gasteiger partial charge < -0.3 is 19.9 Å². The number of carbonyl (C=O) groups excluding carboxylic acids is 1. The Morgan fingerprint density at radius 1 is 1.57 bits per heavy atom. The van der Waals surface area contributed by atoms with Crippen molar-refractivity contribution in [1.29, 1.82) is 0 Å². The van der Waals surface area contributed by atoms with Crippen molar-refractivity contribution in [3.63, 3.8) is 0 Å². The number of nitrogens with one attached hydrogen (secondary N) is 2. The van der Waals surface area contributed by atoms with Crippen LogP contribution in [0.3, 0.4) is 0 Å². The van der Waals surface area contributed by atoms with E-state index < -0.39 is 18.6 Å². The molecule has 1 aromatic carbocycles. The minimum Gasteiger partial charge on any atom is -0.447 e. The molecule has 5 nitrogen and oxygen atoms in total. The fourth-order valence-corrected chi connectivity index (χ4v) is 2.12. The number of likely N-dealkylation sites (N-methyl/N-ethyl adjacent to an activating group) is 1. The molecule has 1 atom stereocenters. The zero-order chi connectivity index (χ0) is 21.8. The lowest BCUT2D eigenvalue weighted by Crippen LogP contribution is -2.28. The Morgan fingerprint density at radius 3 is 3.14 bits per heavy atom. The summed E-state index contributed by atoms with van der Waals surface area (Å²) < 4.78 is 70.3. The van der Waals surface area contributed by atoms with Crippen LogP contribution in [0.4, 0.5) is 4.79 Å². The summed E-state index contributed by atoms with van der Waals surface area (Å²) in [5, 5.41) is 0.706. The minimum absolute atomic E-state index is 0.0642. The highest BCUT2D eigenvalue weighted by atomic mass is 16.6. The van der Waals surface area contributed by atoms with Crippen LogP contribution in [-0.2, 0) is 17.6 Å². The SMILES string of the molecule is [2H]c1c(C[C@H]2COC(=O)N2[2H])c([2H])c2c(CC([2H])([2H])N(C)C)c([2H])n([2H])c2c1[2H]. The molecule has 1 fully saturated rings. The molecule has 0 bridgehead atoms. The first-order valence-electron chi connectivity index (χ1n) is 10.5. The molecular weight excluding hydrogens is 266 g/mol. The van der Waals surface area contributed by atoms with Crippen LogP contribution in [0.15, 0.2) is 24.3 Å². The first kappa shape index (κ1) is 7.31. The molecule has 0 saturated carbocycles. The van der Waals surface area contributed by atoms with E-state index in [1.54, 1.807) is 0 Å². The summed E-state index contributed by atoms with van der Waals surface area (Å²) in [6, 6.07) is -1.59. The lowest BCUT2D eigenvalue weighted by molar-refractivity contribution is 0.177. The first-order valence-corrected chi connectivity index (χ1v) is 6.62. The van der Waals surface area contributed by atoms with Crippen molar-refractivity contribution < 1.29 is 20.6 Å². The molecule has 1 amide bonds. The number of aromatic amines is 1. The van der Waals surface area contributed by atoms with E-state index in [2.05, 4.69) is 0 Å². The summed E-state index contributed by atoms with van der Waals surface area (Å²) in [6.45, 7) is -1.94. The maximum absolute atomic E-state index is 11.4. The molecule has 1 aromatic heterocycles. The van der Waals surface area contributed by atoms with Gasteiger partial charge in [-0.25, -0.2) is 4.79 Å². The summed E-state index contributed by atoms with van der Waals surface area (Å²) in [4.78, 5) is 13.4. The van der Waals surface area contributed by atoms with E-state index in [1.165, 1.54) is 19.0 Å². The van der Waals surface area contributed by atoms with Gasteiger partial charge in [0, 0.05) is 26.3 Å². The van der Waals surface area contributed by atoms with Crippen molar-refractivity contribution in [3.05, 3.63) is 35.4 Å². The van der Waals surface area contributed by atoms with Gasteiger partial charge in [-0.1, -0.05) is 6.04 Å². The largest absolute Gasteiger partial charge is 0.447 e. The lowest BCUT2D eigenvalue weighted by atomic mass is 10.0. The minimum atomic E-state index is -1.86. The second-order valence-corrected chi connectivity index (χ2v) is 5.07. The summed E-state index contributed by atoms with van der Waals surface area (Å²) in [6.07, 6.45) is -1.51. The maximum Gasteiger partial charge on any atom is 0.407 e. The number of cyclic esters (lactones) is 1. The molecule has 3 rings (SSSR count). The number of alkyl carbamates (subject to hydrolysis) is 1. The number of H-pyrrole nitrogens is 1. The van der Waals surface area contributed by atoms with Gasteiger partial charge in [-0.05, 0) is 50.1 Å². The number of nitrogens with zero attached hydrogens (tertiary/aromatic N) is 1. The van der Waals surface area contributed by atoms with E-state index in [0.717, 1.165) is 0 Å². The third-order valence-electron chi connectivity index (χ3n) is 3.15. The van der Waals surface area contributed by atoms with E-state index in [0.29, 0.717) is 10.3 Å². The van der Waals surface area contributed by atoms with Crippen LogP contribution in [-0.4, -0.2) is 49.2 Å². The zero-order valence-corrected chi connectivity index (χ0v) is 11.9. The molecule has 0 spiro atoms. The third kappa shape index (κ3) is 3.19. The number of aromatic nitrogens is 1. The number of benzene rings is 1. The van der Waals surface area contributed by atoms with Crippen LogP contribution in [0.2, 0.25) is 2.82 Å². The number of aryl methyl sites for hydroxylation is 1. The number of rotatable bonds is 5. The molecule has 1 saturated heterocycles. The normalized spacial score (nSPS) is 24.8. The summed E-state index contributed by atoms with van der Waals surface area (Å²) in [5.41, 5.74) is 0.107. The highest BCUT2D eigenvalue weighted by Gasteiger charge is 2.22. The molecular formula is C16H21N3O2. The number of carbonyl (C=O) groups is 1. The Morgan fingerprint density at radius 2 is 2.43 bits per heavy atom. The van der Waals surface area contributed by atoms with Crippen molar-refractivity contribution >= 4 is 17.0 Å². The topological polar surface area (TPSA) is 57.4 Å². The lowest BCUT2D eigenvalue weighted by Gasteiger charge is -2.09. The third-order valence-corrected chi connectivity index (χ3v) is 3.15. The van der Waals surface area contributed by atoms with E-state index in [1.807, 2.05) is 0 Å². The number of ether oxygens (including phenoxy) is 1. The Bertz CT molecular complexity index is 991. The van der Waals surface area contributed by atoms with Gasteiger partial charge in [-0.3, -0.25) is 0 Å². The van der Waals surface area contributed by atoms with Gasteiger partial charge >= 0.3 is 6.09 Å². The van der Waals surface area contributed by atoms with Gasteiger partial charge in [-0.15, -0.1) is 0 Å². The molecule has 0 unspecified atom stereocenters. The van der Waals surface area contributed by atoms with Crippen LogP contribution in [0, 0.1) is 0 Å². The number of fused-ring (bicyclic) bond motifs is 1. The standard InChI is InChI=1S/C16H21N3O2/c1-19(2)6-5-12-9-17-15-4-3-11(8-14(12)15)7-13-10-21-16(20)18-13/h3-4,8-9,13,17H,5-7,10H2,1-2H3,(H,18,20)/t13-/m0/s1/i3D,4D,6D2,8D,9D/hD2. The average Bonchev–Trinajstić information content (AvgIpc) is 3.08. The fourth-order valence-electron chi connectivity index (χ4n) is 2.12. The average molecular weight is 295 g/mol. The van der Waals surface area contributed by atoms with Gasteiger partial charge in [-0.2, -0.15) is 0 Å².